The lowest BCUT2D eigenvalue weighted by Gasteiger charge is -2.09. The van der Waals surface area contributed by atoms with Crippen LogP contribution in [0, 0.1) is 5.82 Å². The van der Waals surface area contributed by atoms with Crippen molar-refractivity contribution in [2.24, 2.45) is 0 Å². The van der Waals surface area contributed by atoms with E-state index in [0.717, 1.165) is 23.4 Å². The average Bonchev–Trinajstić information content (AvgIpc) is 2.69. The van der Waals surface area contributed by atoms with Gasteiger partial charge in [-0.3, -0.25) is 14.5 Å². The number of anilines is 1. The molecule has 0 saturated carbocycles. The van der Waals surface area contributed by atoms with Crippen LogP contribution < -0.4 is 10.0 Å². The van der Waals surface area contributed by atoms with Crippen LogP contribution in [0.5, 0.6) is 0 Å². The van der Waals surface area contributed by atoms with Gasteiger partial charge in [0.15, 0.2) is 0 Å². The summed E-state index contributed by atoms with van der Waals surface area (Å²) in [6.45, 7) is 0.342. The standard InChI is InChI=1S/C20H18FN3O3S/c21-16-6-10-19(11-7-16)28(26,27)24-17-8-4-15(5-9-17)13-20(25)23-14-18-3-1-2-12-22-18/h1-12,24H,13-14H2,(H,23,25). The molecule has 0 aliphatic carbocycles. The number of nitrogens with one attached hydrogen (secondary N) is 2. The lowest BCUT2D eigenvalue weighted by atomic mass is 10.1. The number of pyridine rings is 1. The largest absolute Gasteiger partial charge is 0.350 e. The fraction of sp³-hybridized carbons (Fsp3) is 0.100. The number of hydrogen-bond donors (Lipinski definition) is 2. The number of halogens is 1. The van der Waals surface area contributed by atoms with Gasteiger partial charge in [-0.25, -0.2) is 12.8 Å². The number of hydrogen-bond acceptors (Lipinski definition) is 4. The third-order valence-corrected chi connectivity index (χ3v) is 5.28. The fourth-order valence-electron chi connectivity index (χ4n) is 2.46. The molecule has 28 heavy (non-hydrogen) atoms. The van der Waals surface area contributed by atoms with Crippen molar-refractivity contribution >= 4 is 21.6 Å². The minimum absolute atomic E-state index is 0.0353. The van der Waals surface area contributed by atoms with E-state index in [1.807, 2.05) is 12.1 Å². The summed E-state index contributed by atoms with van der Waals surface area (Å²) in [6.07, 6.45) is 1.82. The first-order valence-electron chi connectivity index (χ1n) is 8.46. The Labute approximate surface area is 162 Å². The maximum atomic E-state index is 13.0. The Hall–Kier alpha value is -3.26. The van der Waals surface area contributed by atoms with Crippen LogP contribution >= 0.6 is 0 Å². The molecule has 3 aromatic rings. The summed E-state index contributed by atoms with van der Waals surface area (Å²) in [5, 5.41) is 2.78. The number of amides is 1. The molecule has 0 unspecified atom stereocenters. The Bertz CT molecular complexity index is 1040. The second-order valence-corrected chi connectivity index (χ2v) is 7.71. The summed E-state index contributed by atoms with van der Waals surface area (Å²) in [7, 11) is -3.81. The highest BCUT2D eigenvalue weighted by molar-refractivity contribution is 7.92. The second-order valence-electron chi connectivity index (χ2n) is 6.03. The molecule has 2 N–H and O–H groups in total. The smallest absolute Gasteiger partial charge is 0.261 e. The minimum atomic E-state index is -3.81. The first-order chi connectivity index (χ1) is 13.4. The molecule has 0 spiro atoms. The van der Waals surface area contributed by atoms with Crippen molar-refractivity contribution < 1.29 is 17.6 Å². The van der Waals surface area contributed by atoms with Gasteiger partial charge < -0.3 is 5.32 Å². The molecule has 144 valence electrons. The van der Waals surface area contributed by atoms with Gasteiger partial charge in [-0.05, 0) is 54.1 Å². The van der Waals surface area contributed by atoms with Crippen molar-refractivity contribution in [3.05, 3.63) is 90.0 Å². The molecule has 3 rings (SSSR count). The molecule has 2 aromatic carbocycles. The predicted octanol–water partition coefficient (Wildman–Crippen LogP) is 2.88. The molecule has 1 aromatic heterocycles. The van der Waals surface area contributed by atoms with E-state index < -0.39 is 15.8 Å². The van der Waals surface area contributed by atoms with Gasteiger partial charge >= 0.3 is 0 Å². The molecule has 0 saturated heterocycles. The molecule has 1 amide bonds. The molecule has 8 heteroatoms. The van der Waals surface area contributed by atoms with E-state index in [1.165, 1.54) is 12.1 Å². The van der Waals surface area contributed by atoms with Gasteiger partial charge in [0.25, 0.3) is 10.0 Å². The molecule has 0 radical (unpaired) electrons. The van der Waals surface area contributed by atoms with Crippen molar-refractivity contribution in [1.82, 2.24) is 10.3 Å². The quantitative estimate of drug-likeness (QED) is 0.639. The molecular weight excluding hydrogens is 381 g/mol. The van der Waals surface area contributed by atoms with Crippen LogP contribution in [0.2, 0.25) is 0 Å². The Morgan fingerprint density at radius 2 is 1.68 bits per heavy atom. The number of carbonyl (C=O) groups excluding carboxylic acids is 1. The molecule has 6 nitrogen and oxygen atoms in total. The average molecular weight is 399 g/mol. The molecule has 0 aliphatic heterocycles. The van der Waals surface area contributed by atoms with E-state index in [9.17, 15) is 17.6 Å². The topological polar surface area (TPSA) is 88.2 Å². The zero-order chi connectivity index (χ0) is 20.0. The fourth-order valence-corrected chi connectivity index (χ4v) is 3.52. The van der Waals surface area contributed by atoms with Crippen molar-refractivity contribution in [3.63, 3.8) is 0 Å². The van der Waals surface area contributed by atoms with Crippen LogP contribution in [0.15, 0.2) is 77.8 Å². The maximum absolute atomic E-state index is 13.0. The van der Waals surface area contributed by atoms with Crippen LogP contribution in [-0.2, 0) is 27.8 Å². The van der Waals surface area contributed by atoms with E-state index in [1.54, 1.807) is 36.5 Å². The maximum Gasteiger partial charge on any atom is 0.261 e. The Morgan fingerprint density at radius 3 is 2.32 bits per heavy atom. The highest BCUT2D eigenvalue weighted by Gasteiger charge is 2.14. The van der Waals surface area contributed by atoms with E-state index in [0.29, 0.717) is 12.2 Å². The zero-order valence-electron chi connectivity index (χ0n) is 14.8. The third kappa shape index (κ3) is 5.37. The van der Waals surface area contributed by atoms with Crippen molar-refractivity contribution in [3.8, 4) is 0 Å². The molecule has 0 bridgehead atoms. The summed E-state index contributed by atoms with van der Waals surface area (Å²) < 4.78 is 40.0. The van der Waals surface area contributed by atoms with E-state index >= 15 is 0 Å². The van der Waals surface area contributed by atoms with E-state index in [-0.39, 0.29) is 17.2 Å². The summed E-state index contributed by atoms with van der Waals surface area (Å²) in [4.78, 5) is 16.1. The van der Waals surface area contributed by atoms with Crippen LogP contribution in [-0.4, -0.2) is 19.3 Å². The molecular formula is C20H18FN3O3S. The Balaban J connectivity index is 1.57. The van der Waals surface area contributed by atoms with Gasteiger partial charge in [0.1, 0.15) is 5.82 Å². The summed E-state index contributed by atoms with van der Waals surface area (Å²) in [5.74, 6) is -0.671. The summed E-state index contributed by atoms with van der Waals surface area (Å²) in [6, 6.07) is 16.5. The highest BCUT2D eigenvalue weighted by atomic mass is 32.2. The number of nitrogens with zero attached hydrogens (tertiary/aromatic N) is 1. The lowest BCUT2D eigenvalue weighted by molar-refractivity contribution is -0.120. The molecule has 0 atom stereocenters. The summed E-state index contributed by atoms with van der Waals surface area (Å²) >= 11 is 0. The first kappa shape index (κ1) is 19.5. The van der Waals surface area contributed by atoms with Crippen LogP contribution in [0.25, 0.3) is 0 Å². The number of sulfonamides is 1. The van der Waals surface area contributed by atoms with Crippen molar-refractivity contribution in [2.75, 3.05) is 4.72 Å². The number of benzene rings is 2. The van der Waals surface area contributed by atoms with Gasteiger partial charge in [0.2, 0.25) is 5.91 Å². The first-order valence-corrected chi connectivity index (χ1v) is 9.95. The minimum Gasteiger partial charge on any atom is -0.350 e. The predicted molar refractivity (Wildman–Crippen MR) is 103 cm³/mol. The number of aromatic nitrogens is 1. The van der Waals surface area contributed by atoms with Crippen molar-refractivity contribution in [1.29, 1.82) is 0 Å². The van der Waals surface area contributed by atoms with Gasteiger partial charge in [0.05, 0.1) is 23.6 Å². The van der Waals surface area contributed by atoms with Crippen LogP contribution in [0.1, 0.15) is 11.3 Å². The van der Waals surface area contributed by atoms with Crippen LogP contribution in [0.4, 0.5) is 10.1 Å². The SMILES string of the molecule is O=C(Cc1ccc(NS(=O)(=O)c2ccc(F)cc2)cc1)NCc1ccccn1. The Morgan fingerprint density at radius 1 is 0.964 bits per heavy atom. The summed E-state index contributed by atoms with van der Waals surface area (Å²) in [5.41, 5.74) is 1.85. The molecule has 0 aliphatic rings. The number of carbonyl (C=O) groups is 1. The van der Waals surface area contributed by atoms with Gasteiger partial charge in [-0.1, -0.05) is 18.2 Å². The third-order valence-electron chi connectivity index (χ3n) is 3.89. The lowest BCUT2D eigenvalue weighted by Crippen LogP contribution is -2.24. The molecule has 1 heterocycles. The van der Waals surface area contributed by atoms with E-state index in [4.69, 9.17) is 0 Å². The normalized spacial score (nSPS) is 11.0. The highest BCUT2D eigenvalue weighted by Crippen LogP contribution is 2.17. The van der Waals surface area contributed by atoms with Gasteiger partial charge in [-0.2, -0.15) is 0 Å². The van der Waals surface area contributed by atoms with Gasteiger partial charge in [-0.15, -0.1) is 0 Å². The van der Waals surface area contributed by atoms with E-state index in [2.05, 4.69) is 15.0 Å². The van der Waals surface area contributed by atoms with Crippen molar-refractivity contribution in [2.45, 2.75) is 17.9 Å². The molecule has 0 fully saturated rings. The van der Waals surface area contributed by atoms with Gasteiger partial charge in [0, 0.05) is 11.9 Å². The number of rotatable bonds is 7. The van der Waals surface area contributed by atoms with Crippen LogP contribution in [0.3, 0.4) is 0 Å². The Kier molecular flexibility index (Phi) is 6.00. The monoisotopic (exact) mass is 399 g/mol. The zero-order valence-corrected chi connectivity index (χ0v) is 15.6. The second kappa shape index (κ2) is 8.62.